The predicted octanol–water partition coefficient (Wildman–Crippen LogP) is 5.79. The number of nitrogens with zero attached hydrogens (tertiary/aromatic N) is 2. The van der Waals surface area contributed by atoms with E-state index in [0.717, 1.165) is 33.8 Å². The first-order valence-corrected chi connectivity index (χ1v) is 9.29. The number of fused-ring (bicyclic) bond motifs is 1. The summed E-state index contributed by atoms with van der Waals surface area (Å²) in [5.41, 5.74) is 5.13. The summed E-state index contributed by atoms with van der Waals surface area (Å²) in [5, 5.41) is 10.7. The molecular formula is C20H16N2OS2. The van der Waals surface area contributed by atoms with Crippen LogP contribution >= 0.6 is 23.6 Å². The van der Waals surface area contributed by atoms with Gasteiger partial charge in [-0.25, -0.2) is 0 Å². The van der Waals surface area contributed by atoms with Crippen molar-refractivity contribution in [1.29, 1.82) is 0 Å². The van der Waals surface area contributed by atoms with Gasteiger partial charge in [0, 0.05) is 17.4 Å². The van der Waals surface area contributed by atoms with Gasteiger partial charge in [-0.05, 0) is 48.5 Å². The lowest BCUT2D eigenvalue weighted by molar-refractivity contribution is 0.441. The molecule has 0 bridgehead atoms. The van der Waals surface area contributed by atoms with Crippen LogP contribution in [-0.2, 0) is 6.42 Å². The number of hydrogen-bond acceptors (Lipinski definition) is 4. The molecule has 124 valence electrons. The molecule has 3 aromatic rings. The van der Waals surface area contributed by atoms with E-state index in [2.05, 4.69) is 24.0 Å². The zero-order valence-corrected chi connectivity index (χ0v) is 15.3. The Kier molecular flexibility index (Phi) is 4.11. The summed E-state index contributed by atoms with van der Waals surface area (Å²) in [5.74, 6) is 0.171. The Labute approximate surface area is 155 Å². The molecule has 0 unspecified atom stereocenters. The Bertz CT molecular complexity index is 1060. The second-order valence-corrected chi connectivity index (χ2v) is 7.46. The molecule has 1 aromatic heterocycles. The van der Waals surface area contributed by atoms with E-state index in [4.69, 9.17) is 12.2 Å². The normalized spacial score (nSPS) is 14.2. The summed E-state index contributed by atoms with van der Waals surface area (Å²) in [4.78, 5) is 5.15. The van der Waals surface area contributed by atoms with E-state index in [9.17, 15) is 5.11 Å². The molecule has 1 aliphatic heterocycles. The first-order chi connectivity index (χ1) is 12.2. The van der Waals surface area contributed by atoms with Crippen LogP contribution in [-0.4, -0.2) is 15.9 Å². The fourth-order valence-corrected chi connectivity index (χ4v) is 4.18. The van der Waals surface area contributed by atoms with Gasteiger partial charge in [0.05, 0.1) is 16.3 Å². The van der Waals surface area contributed by atoms with Gasteiger partial charge in [-0.2, -0.15) is 0 Å². The number of rotatable bonds is 3. The van der Waals surface area contributed by atoms with Crippen molar-refractivity contribution in [2.75, 3.05) is 0 Å². The van der Waals surface area contributed by atoms with Crippen molar-refractivity contribution < 1.29 is 5.11 Å². The number of benzene rings is 2. The van der Waals surface area contributed by atoms with E-state index in [1.807, 2.05) is 48.7 Å². The third-order valence-corrected chi connectivity index (χ3v) is 5.57. The number of aryl methyl sites for hydroxylation is 1. The Balaban J connectivity index is 1.77. The Morgan fingerprint density at radius 2 is 1.92 bits per heavy atom. The monoisotopic (exact) mass is 364 g/mol. The molecule has 1 aliphatic rings. The van der Waals surface area contributed by atoms with Crippen molar-refractivity contribution in [3.63, 3.8) is 0 Å². The van der Waals surface area contributed by atoms with Crippen LogP contribution in [0.4, 0.5) is 5.69 Å². The number of hydrogen-bond donors (Lipinski definition) is 1. The average molecular weight is 364 g/mol. The Morgan fingerprint density at radius 3 is 2.68 bits per heavy atom. The number of aliphatic imine (C=N–C) groups is 1. The largest absolute Gasteiger partial charge is 0.493 e. The predicted molar refractivity (Wildman–Crippen MR) is 108 cm³/mol. The quantitative estimate of drug-likeness (QED) is 0.597. The number of thiazole rings is 1. The third-order valence-electron chi connectivity index (χ3n) is 4.26. The summed E-state index contributed by atoms with van der Waals surface area (Å²) in [6, 6.07) is 16.1. The van der Waals surface area contributed by atoms with Crippen LogP contribution in [0.25, 0.3) is 17.3 Å². The van der Waals surface area contributed by atoms with Gasteiger partial charge in [-0.3, -0.25) is 9.56 Å². The van der Waals surface area contributed by atoms with E-state index in [-0.39, 0.29) is 5.88 Å². The van der Waals surface area contributed by atoms with E-state index in [1.54, 1.807) is 4.57 Å². The molecule has 2 aromatic carbocycles. The van der Waals surface area contributed by atoms with Crippen LogP contribution in [0.3, 0.4) is 0 Å². The molecule has 5 heteroatoms. The maximum absolute atomic E-state index is 10.7. The van der Waals surface area contributed by atoms with E-state index < -0.39 is 0 Å². The van der Waals surface area contributed by atoms with Crippen LogP contribution in [0.1, 0.15) is 22.9 Å². The molecule has 0 saturated carbocycles. The molecule has 0 spiro atoms. The van der Waals surface area contributed by atoms with Gasteiger partial charge in [0.1, 0.15) is 0 Å². The maximum atomic E-state index is 10.7. The molecule has 2 heterocycles. The molecule has 0 saturated heterocycles. The smallest absolute Gasteiger partial charge is 0.215 e. The third kappa shape index (κ3) is 2.86. The van der Waals surface area contributed by atoms with Crippen LogP contribution in [0.15, 0.2) is 53.5 Å². The fourth-order valence-electron chi connectivity index (χ4n) is 2.88. The summed E-state index contributed by atoms with van der Waals surface area (Å²) in [7, 11) is 0. The topological polar surface area (TPSA) is 37.5 Å². The highest BCUT2D eigenvalue weighted by molar-refractivity contribution is 7.73. The lowest BCUT2D eigenvalue weighted by atomic mass is 10.1. The summed E-state index contributed by atoms with van der Waals surface area (Å²) in [6.07, 6.45) is 4.76. The lowest BCUT2D eigenvalue weighted by Crippen LogP contribution is -1.93. The standard InChI is InChI=1S/C20H16N2OS2/c1-2-13-7-9-15(10-8-13)22-19(23)18(25-20(22)24)11-14-12-21-17-6-4-3-5-16(14)17/h3-12,23H,2H2,1H3/b14-11-. The van der Waals surface area contributed by atoms with Gasteiger partial charge in [0.25, 0.3) is 0 Å². The number of allylic oxidation sites excluding steroid dienone is 1. The van der Waals surface area contributed by atoms with Crippen molar-refractivity contribution in [2.45, 2.75) is 13.3 Å². The van der Waals surface area contributed by atoms with Crippen LogP contribution in [0.2, 0.25) is 0 Å². The molecule has 1 N–H and O–H groups in total. The van der Waals surface area contributed by atoms with Gasteiger partial charge in [-0.1, -0.05) is 37.3 Å². The Morgan fingerprint density at radius 1 is 1.16 bits per heavy atom. The maximum Gasteiger partial charge on any atom is 0.215 e. The molecule has 3 nitrogen and oxygen atoms in total. The van der Waals surface area contributed by atoms with Crippen LogP contribution in [0.5, 0.6) is 5.88 Å². The number of para-hydroxylation sites is 1. The number of aromatic hydroxyl groups is 1. The minimum Gasteiger partial charge on any atom is -0.493 e. The van der Waals surface area contributed by atoms with Crippen molar-refractivity contribution in [1.82, 2.24) is 4.57 Å². The first kappa shape index (κ1) is 16.0. The molecule has 0 amide bonds. The van der Waals surface area contributed by atoms with E-state index in [1.165, 1.54) is 16.9 Å². The Hall–Kier alpha value is -2.50. The number of aromatic nitrogens is 1. The van der Waals surface area contributed by atoms with Gasteiger partial charge in [0.15, 0.2) is 3.95 Å². The highest BCUT2D eigenvalue weighted by Crippen LogP contribution is 2.36. The van der Waals surface area contributed by atoms with E-state index >= 15 is 0 Å². The zero-order chi connectivity index (χ0) is 17.4. The van der Waals surface area contributed by atoms with Gasteiger partial charge in [0.2, 0.25) is 5.88 Å². The molecule has 4 rings (SSSR count). The van der Waals surface area contributed by atoms with Crippen molar-refractivity contribution in [3.05, 3.63) is 68.5 Å². The molecule has 0 radical (unpaired) electrons. The lowest BCUT2D eigenvalue weighted by Gasteiger charge is -2.06. The van der Waals surface area contributed by atoms with Crippen molar-refractivity contribution >= 4 is 47.1 Å². The summed E-state index contributed by atoms with van der Waals surface area (Å²) >= 11 is 6.88. The minimum absolute atomic E-state index is 0.171. The highest BCUT2D eigenvalue weighted by Gasteiger charge is 2.16. The summed E-state index contributed by atoms with van der Waals surface area (Å²) < 4.78 is 2.33. The molecular weight excluding hydrogens is 348 g/mol. The van der Waals surface area contributed by atoms with Gasteiger partial charge < -0.3 is 5.11 Å². The van der Waals surface area contributed by atoms with Crippen LogP contribution < -0.4 is 0 Å². The second-order valence-electron chi connectivity index (χ2n) is 5.79. The zero-order valence-electron chi connectivity index (χ0n) is 13.6. The van der Waals surface area contributed by atoms with Crippen molar-refractivity contribution in [3.8, 4) is 11.6 Å². The SMILES string of the molecule is CCc1ccc(-n2c(O)c(/C=C3/C=Nc4ccccc43)sc2=S)cc1. The summed E-state index contributed by atoms with van der Waals surface area (Å²) in [6.45, 7) is 2.12. The molecule has 0 aliphatic carbocycles. The van der Waals surface area contributed by atoms with E-state index in [0.29, 0.717) is 3.95 Å². The molecule has 0 fully saturated rings. The van der Waals surface area contributed by atoms with Crippen LogP contribution in [0, 0.1) is 3.95 Å². The first-order valence-electron chi connectivity index (χ1n) is 8.06. The second kappa shape index (κ2) is 6.43. The van der Waals surface area contributed by atoms with Crippen molar-refractivity contribution in [2.24, 2.45) is 4.99 Å². The minimum atomic E-state index is 0.171. The van der Waals surface area contributed by atoms with Gasteiger partial charge >= 0.3 is 0 Å². The molecule has 25 heavy (non-hydrogen) atoms. The average Bonchev–Trinajstić information content (AvgIpc) is 3.17. The van der Waals surface area contributed by atoms with Gasteiger partial charge in [-0.15, -0.1) is 11.3 Å². The highest BCUT2D eigenvalue weighted by atomic mass is 32.1. The fraction of sp³-hybridized carbons (Fsp3) is 0.100. The molecule has 0 atom stereocenters.